The van der Waals surface area contributed by atoms with Crippen molar-refractivity contribution in [2.24, 2.45) is 17.6 Å². The van der Waals surface area contributed by atoms with Crippen LogP contribution in [0.25, 0.3) is 0 Å². The summed E-state index contributed by atoms with van der Waals surface area (Å²) in [6.45, 7) is 5.37. The number of carbonyl (C=O) groups excluding carboxylic acids is 1. The Morgan fingerprint density at radius 2 is 1.95 bits per heavy atom. The van der Waals surface area contributed by atoms with Crippen molar-refractivity contribution in [3.05, 3.63) is 35.9 Å². The Morgan fingerprint density at radius 1 is 1.30 bits per heavy atom. The molecule has 1 unspecified atom stereocenters. The van der Waals surface area contributed by atoms with Gasteiger partial charge in [0.1, 0.15) is 0 Å². The summed E-state index contributed by atoms with van der Waals surface area (Å²) in [6, 6.07) is 9.81. The van der Waals surface area contributed by atoms with Crippen molar-refractivity contribution >= 4 is 5.91 Å². The molecule has 0 aliphatic rings. The lowest BCUT2D eigenvalue weighted by molar-refractivity contribution is -0.137. The number of aliphatic hydroxyl groups is 1. The van der Waals surface area contributed by atoms with Crippen molar-refractivity contribution in [1.29, 1.82) is 0 Å². The molecule has 4 heteroatoms. The molecule has 1 atom stereocenters. The highest BCUT2D eigenvalue weighted by Crippen LogP contribution is 2.15. The molecule has 0 saturated heterocycles. The first-order valence-electron chi connectivity index (χ1n) is 7.22. The standard InChI is InChI=1S/C16H26N2O2/c1-13(2)10-15(11-17)16(20)18(8-9-19)12-14-6-4-3-5-7-14/h3-7,13,15,19H,8-12,17H2,1-2H3. The van der Waals surface area contributed by atoms with Crippen LogP contribution in [-0.2, 0) is 11.3 Å². The van der Waals surface area contributed by atoms with Crippen LogP contribution < -0.4 is 5.73 Å². The van der Waals surface area contributed by atoms with Crippen LogP contribution in [-0.4, -0.2) is 35.6 Å². The predicted octanol–water partition coefficient (Wildman–Crippen LogP) is 1.63. The largest absolute Gasteiger partial charge is 0.395 e. The van der Waals surface area contributed by atoms with Gasteiger partial charge in [-0.1, -0.05) is 44.2 Å². The van der Waals surface area contributed by atoms with E-state index in [-0.39, 0.29) is 18.4 Å². The van der Waals surface area contributed by atoms with Crippen molar-refractivity contribution in [3.8, 4) is 0 Å². The molecule has 0 radical (unpaired) electrons. The summed E-state index contributed by atoms with van der Waals surface area (Å²) in [5.41, 5.74) is 6.80. The van der Waals surface area contributed by atoms with Gasteiger partial charge in [0, 0.05) is 19.6 Å². The quantitative estimate of drug-likeness (QED) is 0.759. The van der Waals surface area contributed by atoms with Crippen molar-refractivity contribution < 1.29 is 9.90 Å². The highest BCUT2D eigenvalue weighted by molar-refractivity contribution is 5.79. The summed E-state index contributed by atoms with van der Waals surface area (Å²) in [5, 5.41) is 9.17. The van der Waals surface area contributed by atoms with Crippen molar-refractivity contribution in [3.63, 3.8) is 0 Å². The number of hydrogen-bond donors (Lipinski definition) is 2. The van der Waals surface area contributed by atoms with Gasteiger partial charge in [-0.25, -0.2) is 0 Å². The fraction of sp³-hybridized carbons (Fsp3) is 0.562. The number of carbonyl (C=O) groups is 1. The summed E-state index contributed by atoms with van der Waals surface area (Å²) in [4.78, 5) is 14.2. The summed E-state index contributed by atoms with van der Waals surface area (Å²) in [7, 11) is 0. The first-order chi connectivity index (χ1) is 9.58. The van der Waals surface area contributed by atoms with Gasteiger partial charge in [-0.05, 0) is 17.9 Å². The summed E-state index contributed by atoms with van der Waals surface area (Å²) < 4.78 is 0. The molecule has 4 nitrogen and oxygen atoms in total. The highest BCUT2D eigenvalue weighted by atomic mass is 16.3. The topological polar surface area (TPSA) is 66.6 Å². The van der Waals surface area contributed by atoms with Crippen LogP contribution in [0.1, 0.15) is 25.8 Å². The first-order valence-corrected chi connectivity index (χ1v) is 7.22. The molecule has 3 N–H and O–H groups in total. The van der Waals surface area contributed by atoms with Gasteiger partial charge in [0.15, 0.2) is 0 Å². The zero-order valence-corrected chi connectivity index (χ0v) is 12.5. The number of aliphatic hydroxyl groups excluding tert-OH is 1. The van der Waals surface area contributed by atoms with Crippen LogP contribution in [0.15, 0.2) is 30.3 Å². The van der Waals surface area contributed by atoms with E-state index in [1.54, 1.807) is 4.90 Å². The second kappa shape index (κ2) is 8.72. The van der Waals surface area contributed by atoms with Crippen molar-refractivity contribution in [1.82, 2.24) is 4.90 Å². The fourth-order valence-corrected chi connectivity index (χ4v) is 2.32. The average Bonchev–Trinajstić information content (AvgIpc) is 2.44. The lowest BCUT2D eigenvalue weighted by Gasteiger charge is -2.27. The Kier molecular flexibility index (Phi) is 7.26. The molecular weight excluding hydrogens is 252 g/mol. The minimum Gasteiger partial charge on any atom is -0.395 e. The summed E-state index contributed by atoms with van der Waals surface area (Å²) >= 11 is 0. The molecule has 20 heavy (non-hydrogen) atoms. The molecular formula is C16H26N2O2. The van der Waals surface area contributed by atoms with Crippen LogP contribution in [0, 0.1) is 11.8 Å². The van der Waals surface area contributed by atoms with E-state index in [1.807, 2.05) is 30.3 Å². The summed E-state index contributed by atoms with van der Waals surface area (Å²) in [6.07, 6.45) is 0.784. The SMILES string of the molecule is CC(C)CC(CN)C(=O)N(CCO)Cc1ccccc1. The number of amides is 1. The van der Waals surface area contributed by atoms with Crippen LogP contribution in [0.4, 0.5) is 0 Å². The molecule has 0 aliphatic carbocycles. The van der Waals surface area contributed by atoms with Gasteiger partial charge in [0.05, 0.1) is 12.5 Å². The first kappa shape index (κ1) is 16.7. The molecule has 0 aromatic heterocycles. The Balaban J connectivity index is 2.75. The normalized spacial score (nSPS) is 12.4. The molecule has 0 bridgehead atoms. The van der Waals surface area contributed by atoms with Crippen LogP contribution in [0.5, 0.6) is 0 Å². The number of nitrogens with zero attached hydrogens (tertiary/aromatic N) is 1. The van der Waals surface area contributed by atoms with E-state index in [2.05, 4.69) is 13.8 Å². The van der Waals surface area contributed by atoms with Gasteiger partial charge >= 0.3 is 0 Å². The average molecular weight is 278 g/mol. The second-order valence-corrected chi connectivity index (χ2v) is 5.53. The maximum absolute atomic E-state index is 12.5. The van der Waals surface area contributed by atoms with Crippen molar-refractivity contribution in [2.45, 2.75) is 26.8 Å². The molecule has 1 aromatic carbocycles. The molecule has 112 valence electrons. The number of rotatable bonds is 8. The Hall–Kier alpha value is -1.39. The van der Waals surface area contributed by atoms with E-state index in [1.165, 1.54) is 0 Å². The van der Waals surface area contributed by atoms with Crippen LogP contribution >= 0.6 is 0 Å². The highest BCUT2D eigenvalue weighted by Gasteiger charge is 2.23. The van der Waals surface area contributed by atoms with E-state index in [9.17, 15) is 9.90 Å². The van der Waals surface area contributed by atoms with Gasteiger partial charge in [-0.3, -0.25) is 4.79 Å². The van der Waals surface area contributed by atoms with E-state index < -0.39 is 0 Å². The molecule has 0 aliphatic heterocycles. The zero-order chi connectivity index (χ0) is 15.0. The smallest absolute Gasteiger partial charge is 0.227 e. The Morgan fingerprint density at radius 3 is 2.45 bits per heavy atom. The van der Waals surface area contributed by atoms with E-state index in [0.29, 0.717) is 25.6 Å². The Labute approximate surface area is 121 Å². The van der Waals surface area contributed by atoms with E-state index in [4.69, 9.17) is 5.73 Å². The van der Waals surface area contributed by atoms with Gasteiger partial charge in [0.25, 0.3) is 0 Å². The lowest BCUT2D eigenvalue weighted by atomic mass is 9.95. The third-order valence-electron chi connectivity index (χ3n) is 3.29. The number of hydrogen-bond acceptors (Lipinski definition) is 3. The molecule has 0 fully saturated rings. The molecule has 1 amide bonds. The van der Waals surface area contributed by atoms with Crippen LogP contribution in [0.2, 0.25) is 0 Å². The number of benzene rings is 1. The predicted molar refractivity (Wildman–Crippen MR) is 80.9 cm³/mol. The summed E-state index contributed by atoms with van der Waals surface area (Å²) in [5.74, 6) is 0.310. The molecule has 0 heterocycles. The van der Waals surface area contributed by atoms with Crippen molar-refractivity contribution in [2.75, 3.05) is 19.7 Å². The maximum Gasteiger partial charge on any atom is 0.227 e. The third-order valence-corrected chi connectivity index (χ3v) is 3.29. The van der Waals surface area contributed by atoms with Crippen LogP contribution in [0.3, 0.4) is 0 Å². The minimum atomic E-state index is -0.162. The molecule has 0 spiro atoms. The lowest BCUT2D eigenvalue weighted by Crippen LogP contribution is -2.40. The fourth-order valence-electron chi connectivity index (χ4n) is 2.32. The molecule has 1 rings (SSSR count). The molecule has 1 aromatic rings. The van der Waals surface area contributed by atoms with Gasteiger partial charge in [-0.15, -0.1) is 0 Å². The monoisotopic (exact) mass is 278 g/mol. The minimum absolute atomic E-state index is 0.0302. The van der Waals surface area contributed by atoms with E-state index >= 15 is 0 Å². The van der Waals surface area contributed by atoms with Gasteiger partial charge < -0.3 is 15.7 Å². The van der Waals surface area contributed by atoms with Gasteiger partial charge in [-0.2, -0.15) is 0 Å². The zero-order valence-electron chi connectivity index (χ0n) is 12.5. The Bertz CT molecular complexity index is 393. The molecule has 0 saturated carbocycles. The van der Waals surface area contributed by atoms with Gasteiger partial charge in [0.2, 0.25) is 5.91 Å². The third kappa shape index (κ3) is 5.31. The second-order valence-electron chi connectivity index (χ2n) is 5.53. The van der Waals surface area contributed by atoms with E-state index in [0.717, 1.165) is 12.0 Å². The number of nitrogens with two attached hydrogens (primary N) is 1. The maximum atomic E-state index is 12.5.